The summed E-state index contributed by atoms with van der Waals surface area (Å²) in [5.74, 6) is 1.94. The van der Waals surface area contributed by atoms with Gasteiger partial charge in [-0.25, -0.2) is 0 Å². The van der Waals surface area contributed by atoms with E-state index in [0.717, 1.165) is 29.7 Å². The minimum absolute atomic E-state index is 0. The van der Waals surface area contributed by atoms with Crippen molar-refractivity contribution in [2.24, 2.45) is 23.5 Å². The van der Waals surface area contributed by atoms with Gasteiger partial charge >= 0.3 is 0 Å². The predicted molar refractivity (Wildman–Crippen MR) is 117 cm³/mol. The molecule has 3 N–H and O–H groups in total. The van der Waals surface area contributed by atoms with E-state index in [-0.39, 0.29) is 30.3 Å². The largest absolute Gasteiger partial charge is 0.327 e. The summed E-state index contributed by atoms with van der Waals surface area (Å²) in [6, 6.07) is 17.5. The van der Waals surface area contributed by atoms with Crippen LogP contribution in [0.15, 0.2) is 54.6 Å². The van der Waals surface area contributed by atoms with Gasteiger partial charge in [0.15, 0.2) is 0 Å². The van der Waals surface area contributed by atoms with Gasteiger partial charge in [0.2, 0.25) is 5.91 Å². The Bertz CT molecular complexity index is 843. The number of nitrogens with two attached hydrogens (primary N) is 1. The molecule has 2 aromatic rings. The molecule has 2 aromatic carbocycles. The topological polar surface area (TPSA) is 72.2 Å². The monoisotopic (exact) mass is 418 g/mol. The third-order valence-corrected chi connectivity index (χ3v) is 7.29. The average Bonchev–Trinajstić information content (AvgIpc) is 3.24. The molecule has 4 nitrogen and oxygen atoms in total. The molecule has 2 saturated carbocycles. The van der Waals surface area contributed by atoms with E-state index in [4.69, 9.17) is 5.73 Å². The number of carbonyl (C=O) groups is 1. The van der Waals surface area contributed by atoms with E-state index in [1.165, 1.54) is 6.42 Å². The van der Waals surface area contributed by atoms with Crippen LogP contribution in [0.2, 0.25) is 0 Å². The Kier molecular flexibility index (Phi) is 6.91. The highest BCUT2D eigenvalue weighted by atomic mass is 35.5. The van der Waals surface area contributed by atoms with E-state index < -0.39 is 10.8 Å². The Morgan fingerprint density at radius 1 is 1.00 bits per heavy atom. The standard InChI is InChI=1S/C22H26N2O2S.ClH/c23-21-18-10-9-17(12-18)20(21)22(25)24-19-8-4-7-16(11-19)14-27(26)13-15-5-2-1-3-6-15;/h1-8,11,17-18,20-21H,9-10,12-14,23H2,(H,24,25);1H. The molecule has 1 amide bonds. The molecule has 0 heterocycles. The summed E-state index contributed by atoms with van der Waals surface area (Å²) in [6.07, 6.45) is 3.38. The van der Waals surface area contributed by atoms with Gasteiger partial charge in [-0.05, 0) is 54.4 Å². The van der Waals surface area contributed by atoms with Gasteiger partial charge in [0.1, 0.15) is 0 Å². The van der Waals surface area contributed by atoms with Crippen molar-refractivity contribution in [1.29, 1.82) is 0 Å². The van der Waals surface area contributed by atoms with Crippen LogP contribution in [0.25, 0.3) is 0 Å². The van der Waals surface area contributed by atoms with Crippen LogP contribution >= 0.6 is 12.4 Å². The van der Waals surface area contributed by atoms with Crippen molar-refractivity contribution in [3.05, 3.63) is 65.7 Å². The van der Waals surface area contributed by atoms with Gasteiger partial charge in [-0.2, -0.15) is 0 Å². The first-order valence-electron chi connectivity index (χ1n) is 9.64. The molecule has 0 spiro atoms. The quantitative estimate of drug-likeness (QED) is 0.747. The van der Waals surface area contributed by atoms with E-state index >= 15 is 0 Å². The van der Waals surface area contributed by atoms with Crippen LogP contribution in [0.4, 0.5) is 5.69 Å². The number of fused-ring (bicyclic) bond motifs is 2. The lowest BCUT2D eigenvalue weighted by Crippen LogP contribution is -2.42. The molecule has 28 heavy (non-hydrogen) atoms. The van der Waals surface area contributed by atoms with Crippen LogP contribution in [0.5, 0.6) is 0 Å². The third kappa shape index (κ3) is 4.65. The van der Waals surface area contributed by atoms with E-state index in [1.54, 1.807) is 0 Å². The van der Waals surface area contributed by atoms with Crippen LogP contribution < -0.4 is 11.1 Å². The van der Waals surface area contributed by atoms with Crippen molar-refractivity contribution in [1.82, 2.24) is 0 Å². The number of nitrogens with one attached hydrogen (secondary N) is 1. The zero-order chi connectivity index (χ0) is 18.8. The summed E-state index contributed by atoms with van der Waals surface area (Å²) in [5, 5.41) is 3.04. The highest BCUT2D eigenvalue weighted by Crippen LogP contribution is 2.47. The number of halogens is 1. The van der Waals surface area contributed by atoms with E-state index in [2.05, 4.69) is 5.32 Å². The summed E-state index contributed by atoms with van der Waals surface area (Å²) in [5.41, 5.74) is 9.10. The highest BCUT2D eigenvalue weighted by molar-refractivity contribution is 7.83. The molecule has 0 aliphatic heterocycles. The minimum Gasteiger partial charge on any atom is -0.327 e. The molecular formula is C22H27ClN2O2S. The maximum absolute atomic E-state index is 12.7. The second-order valence-corrected chi connectivity index (χ2v) is 9.30. The molecule has 0 aromatic heterocycles. The van der Waals surface area contributed by atoms with Gasteiger partial charge in [-0.1, -0.05) is 42.5 Å². The summed E-state index contributed by atoms with van der Waals surface area (Å²) >= 11 is 0. The maximum Gasteiger partial charge on any atom is 0.229 e. The summed E-state index contributed by atoms with van der Waals surface area (Å²) in [4.78, 5) is 12.7. The number of amides is 1. The van der Waals surface area contributed by atoms with Gasteiger partial charge in [-0.15, -0.1) is 12.4 Å². The Labute approximate surface area is 175 Å². The van der Waals surface area contributed by atoms with Crippen molar-refractivity contribution in [3.8, 4) is 0 Å². The average molecular weight is 419 g/mol. The molecule has 0 saturated heterocycles. The number of hydrogen-bond acceptors (Lipinski definition) is 3. The second kappa shape index (κ2) is 9.21. The molecule has 2 aliphatic carbocycles. The molecular weight excluding hydrogens is 392 g/mol. The highest BCUT2D eigenvalue weighted by Gasteiger charge is 2.49. The number of benzene rings is 2. The lowest BCUT2D eigenvalue weighted by molar-refractivity contribution is -0.121. The zero-order valence-electron chi connectivity index (χ0n) is 15.8. The van der Waals surface area contributed by atoms with Gasteiger partial charge in [0.05, 0.1) is 5.92 Å². The lowest BCUT2D eigenvalue weighted by Gasteiger charge is -2.27. The third-order valence-electron chi connectivity index (χ3n) is 5.98. The van der Waals surface area contributed by atoms with Gasteiger partial charge in [-0.3, -0.25) is 9.00 Å². The number of rotatable bonds is 6. The predicted octanol–water partition coefficient (Wildman–Crippen LogP) is 3.87. The van der Waals surface area contributed by atoms with E-state index in [1.807, 2.05) is 54.6 Å². The van der Waals surface area contributed by atoms with E-state index in [9.17, 15) is 9.00 Å². The number of hydrogen-bond donors (Lipinski definition) is 2. The first-order chi connectivity index (χ1) is 13.1. The van der Waals surface area contributed by atoms with Crippen molar-refractivity contribution in [2.45, 2.75) is 36.8 Å². The van der Waals surface area contributed by atoms with Crippen molar-refractivity contribution < 1.29 is 9.00 Å². The van der Waals surface area contributed by atoms with Crippen LogP contribution in [0.1, 0.15) is 30.4 Å². The molecule has 5 unspecified atom stereocenters. The molecule has 2 bridgehead atoms. The van der Waals surface area contributed by atoms with Crippen molar-refractivity contribution >= 4 is 34.8 Å². The summed E-state index contributed by atoms with van der Waals surface area (Å²) < 4.78 is 12.5. The van der Waals surface area contributed by atoms with E-state index in [0.29, 0.717) is 23.3 Å². The SMILES string of the molecule is Cl.NC1C2CCC(C2)C1C(=O)Nc1cccc(CS(=O)Cc2ccccc2)c1. The number of carbonyl (C=O) groups excluding carboxylic acids is 1. The second-order valence-electron chi connectivity index (χ2n) is 7.84. The minimum atomic E-state index is -0.985. The van der Waals surface area contributed by atoms with Gasteiger partial charge in [0, 0.05) is 34.0 Å². The molecule has 5 atom stereocenters. The molecule has 150 valence electrons. The normalized spacial score (nSPS) is 26.5. The fourth-order valence-electron chi connectivity index (χ4n) is 4.69. The van der Waals surface area contributed by atoms with Gasteiger partial charge in [0.25, 0.3) is 0 Å². The Hall–Kier alpha value is -1.69. The first-order valence-corrected chi connectivity index (χ1v) is 11.1. The fraction of sp³-hybridized carbons (Fsp3) is 0.409. The Morgan fingerprint density at radius 2 is 1.68 bits per heavy atom. The molecule has 6 heteroatoms. The number of anilines is 1. The summed E-state index contributed by atoms with van der Waals surface area (Å²) in [7, 11) is -0.985. The van der Waals surface area contributed by atoms with Gasteiger partial charge < -0.3 is 11.1 Å². The molecule has 4 rings (SSSR count). The Balaban J connectivity index is 0.00000225. The smallest absolute Gasteiger partial charge is 0.229 e. The lowest BCUT2D eigenvalue weighted by atomic mass is 9.84. The molecule has 0 radical (unpaired) electrons. The van der Waals surface area contributed by atoms with Crippen molar-refractivity contribution in [2.75, 3.05) is 5.32 Å². The van der Waals surface area contributed by atoms with Crippen LogP contribution in [0.3, 0.4) is 0 Å². The van der Waals surface area contributed by atoms with Crippen LogP contribution in [0, 0.1) is 17.8 Å². The molecule has 2 fully saturated rings. The summed E-state index contributed by atoms with van der Waals surface area (Å²) in [6.45, 7) is 0. The first kappa shape index (κ1) is 21.0. The van der Waals surface area contributed by atoms with Crippen LogP contribution in [-0.2, 0) is 27.1 Å². The Morgan fingerprint density at radius 3 is 2.39 bits per heavy atom. The molecule has 2 aliphatic rings. The fourth-order valence-corrected chi connectivity index (χ4v) is 5.90. The maximum atomic E-state index is 12.7. The van der Waals surface area contributed by atoms with Crippen molar-refractivity contribution in [3.63, 3.8) is 0 Å². The zero-order valence-corrected chi connectivity index (χ0v) is 17.4. The van der Waals surface area contributed by atoms with Crippen LogP contribution in [-0.4, -0.2) is 16.2 Å².